The second kappa shape index (κ2) is 21.0. The Morgan fingerprint density at radius 1 is 0.776 bits per heavy atom. The molecular formula is C59H54N6O11. The fourth-order valence-corrected chi connectivity index (χ4v) is 11.7. The minimum Gasteiger partial charge on any atom is -0.493 e. The highest BCUT2D eigenvalue weighted by Crippen LogP contribution is 2.67. The fourth-order valence-electron chi connectivity index (χ4n) is 11.7. The molecule has 76 heavy (non-hydrogen) atoms. The van der Waals surface area contributed by atoms with Crippen LogP contribution in [0.15, 0.2) is 140 Å². The number of aliphatic hydroxyl groups excluding tert-OH is 1. The number of hydrogen-bond acceptors (Lipinski definition) is 14. The number of rotatable bonds is 13. The minimum absolute atomic E-state index is 0.0368. The number of hydrogen-bond donors (Lipinski definition) is 1. The van der Waals surface area contributed by atoms with E-state index in [1.807, 2.05) is 102 Å². The van der Waals surface area contributed by atoms with Crippen molar-refractivity contribution in [2.24, 2.45) is 5.92 Å². The molecule has 7 aromatic rings. The van der Waals surface area contributed by atoms with Crippen molar-refractivity contribution in [1.29, 1.82) is 0 Å². The Morgan fingerprint density at radius 2 is 1.49 bits per heavy atom. The molecule has 2 fully saturated rings. The van der Waals surface area contributed by atoms with E-state index >= 15 is 14.4 Å². The van der Waals surface area contributed by atoms with Crippen molar-refractivity contribution in [1.82, 2.24) is 24.8 Å². The number of nitrogens with zero attached hydrogens (tertiary/aromatic N) is 6. The predicted octanol–water partition coefficient (Wildman–Crippen LogP) is 6.90. The predicted molar refractivity (Wildman–Crippen MR) is 277 cm³/mol. The number of anilines is 1. The van der Waals surface area contributed by atoms with Gasteiger partial charge in [0.25, 0.3) is 0 Å². The summed E-state index contributed by atoms with van der Waals surface area (Å²) >= 11 is 0. The summed E-state index contributed by atoms with van der Waals surface area (Å²) in [5, 5.41) is 18.8. The number of amides is 3. The van der Waals surface area contributed by atoms with Gasteiger partial charge in [0.05, 0.1) is 56.6 Å². The molecule has 0 aliphatic carbocycles. The number of carbonyl (C=O) groups excluding carboxylic acids is 4. The first-order chi connectivity index (χ1) is 37.2. The molecular weight excluding hydrogens is 969 g/mol. The van der Waals surface area contributed by atoms with Gasteiger partial charge in [-0.1, -0.05) is 108 Å². The highest BCUT2D eigenvalue weighted by molar-refractivity contribution is 6.23. The lowest BCUT2D eigenvalue weighted by Gasteiger charge is -2.46. The van der Waals surface area contributed by atoms with Crippen molar-refractivity contribution in [3.8, 4) is 29.1 Å². The number of ether oxygens (including phenoxy) is 6. The number of cyclic esters (lactones) is 1. The number of esters is 1. The van der Waals surface area contributed by atoms with Crippen LogP contribution in [0.5, 0.6) is 17.2 Å². The Kier molecular flexibility index (Phi) is 13.7. The standard InChI is InChI=1S/C59H54N6O11/c1-71-31-32-75-58(70)64-45-25-24-37(15-14-27-63-46-22-12-11-21-44(46)60-61-63)33-43(45)59(57(64)69)50(55(67)62-28-26-40-34-48(72-2)49(73-3)35-41(40)36-62)52-56(68)76-53(39-18-8-5-9-19-39)51(38-16-6-4-7-17-38)65(52)54(59)42-20-10-13-23-47(42)74-30-29-66/h4-13,16-25,33-35,50-54,66H,26-32,36H2,1-3H3/t50-,51-,52-,53+,54+,59-/m1/s1. The highest BCUT2D eigenvalue weighted by atomic mass is 16.6. The number of fused-ring (bicyclic) bond motifs is 5. The van der Waals surface area contributed by atoms with Gasteiger partial charge in [0.2, 0.25) is 11.8 Å². The Bertz CT molecular complexity index is 3410. The highest BCUT2D eigenvalue weighted by Gasteiger charge is 2.76. The Morgan fingerprint density at radius 3 is 2.24 bits per heavy atom. The molecule has 0 radical (unpaired) electrons. The van der Waals surface area contributed by atoms with Crippen molar-refractivity contribution in [2.75, 3.05) is 59.2 Å². The third-order valence-electron chi connectivity index (χ3n) is 14.9. The molecule has 1 N–H and O–H groups in total. The lowest BCUT2D eigenvalue weighted by atomic mass is 9.64. The lowest BCUT2D eigenvalue weighted by molar-refractivity contribution is -0.179. The summed E-state index contributed by atoms with van der Waals surface area (Å²) < 4.78 is 37.2. The normalized spacial score (nSPS) is 21.6. The quantitative estimate of drug-likeness (QED) is 0.0715. The summed E-state index contributed by atoms with van der Waals surface area (Å²) in [6.07, 6.45) is -1.56. The van der Waals surface area contributed by atoms with Crippen LogP contribution < -0.4 is 19.1 Å². The molecule has 4 aliphatic heterocycles. The Balaban J connectivity index is 1.19. The van der Waals surface area contributed by atoms with E-state index in [0.717, 1.165) is 27.1 Å². The fraction of sp³-hybridized carbons (Fsp3) is 0.288. The smallest absolute Gasteiger partial charge is 0.421 e. The van der Waals surface area contributed by atoms with Crippen LogP contribution in [0.25, 0.3) is 11.0 Å². The van der Waals surface area contributed by atoms with Crippen LogP contribution in [-0.4, -0.2) is 114 Å². The molecule has 17 heteroatoms. The number of benzene rings is 6. The summed E-state index contributed by atoms with van der Waals surface area (Å²) in [6.45, 7) is -0.160. The van der Waals surface area contributed by atoms with E-state index in [0.29, 0.717) is 40.1 Å². The Hall–Kier alpha value is -8.56. The van der Waals surface area contributed by atoms with E-state index in [1.165, 1.54) is 7.11 Å². The molecule has 11 rings (SSSR count). The molecule has 2 saturated heterocycles. The maximum Gasteiger partial charge on any atom is 0.421 e. The maximum absolute atomic E-state index is 16.8. The average molecular weight is 1020 g/mol. The lowest BCUT2D eigenvalue weighted by Crippen LogP contribution is -2.57. The van der Waals surface area contributed by atoms with Gasteiger partial charge in [0, 0.05) is 31.3 Å². The summed E-state index contributed by atoms with van der Waals surface area (Å²) in [6, 6.07) is 38.8. The molecule has 1 aromatic heterocycles. The molecule has 3 amide bonds. The van der Waals surface area contributed by atoms with E-state index in [9.17, 15) is 9.90 Å². The first-order valence-corrected chi connectivity index (χ1v) is 25.1. The summed E-state index contributed by atoms with van der Waals surface area (Å²) in [7, 11) is 4.57. The topological polar surface area (TPSA) is 184 Å². The number of methoxy groups -OCH3 is 3. The number of carbonyl (C=O) groups is 4. The van der Waals surface area contributed by atoms with E-state index in [2.05, 4.69) is 22.2 Å². The second-order valence-corrected chi connectivity index (χ2v) is 18.9. The average Bonchev–Trinajstić information content (AvgIpc) is 4.10. The zero-order valence-electron chi connectivity index (χ0n) is 42.0. The molecule has 1 spiro atoms. The molecule has 0 unspecified atom stereocenters. The molecule has 17 nitrogen and oxygen atoms in total. The van der Waals surface area contributed by atoms with Crippen LogP contribution in [0, 0.1) is 17.8 Å². The van der Waals surface area contributed by atoms with Crippen LogP contribution in [-0.2, 0) is 53.5 Å². The minimum atomic E-state index is -2.13. The van der Waals surface area contributed by atoms with Gasteiger partial charge < -0.3 is 38.4 Å². The molecule has 386 valence electrons. The number of aliphatic hydroxyl groups is 1. The van der Waals surface area contributed by atoms with Crippen LogP contribution in [0.2, 0.25) is 0 Å². The van der Waals surface area contributed by atoms with Gasteiger partial charge in [-0.2, -0.15) is 0 Å². The van der Waals surface area contributed by atoms with Crippen LogP contribution in [0.3, 0.4) is 0 Å². The largest absolute Gasteiger partial charge is 0.493 e. The molecule has 6 aromatic carbocycles. The van der Waals surface area contributed by atoms with Gasteiger partial charge in [-0.15, -0.1) is 5.10 Å². The van der Waals surface area contributed by atoms with Crippen LogP contribution in [0.1, 0.15) is 57.1 Å². The van der Waals surface area contributed by atoms with Gasteiger partial charge in [0.15, 0.2) is 11.5 Å². The van der Waals surface area contributed by atoms with Crippen molar-refractivity contribution in [3.05, 3.63) is 178 Å². The molecule has 5 heterocycles. The summed E-state index contributed by atoms with van der Waals surface area (Å²) in [5.41, 5.74) is 3.76. The number of aromatic nitrogens is 3. The van der Waals surface area contributed by atoms with Gasteiger partial charge in [-0.25, -0.2) is 14.4 Å². The van der Waals surface area contributed by atoms with Gasteiger partial charge in [-0.3, -0.25) is 19.3 Å². The van der Waals surface area contributed by atoms with Gasteiger partial charge in [0.1, 0.15) is 48.6 Å². The first kappa shape index (κ1) is 49.6. The van der Waals surface area contributed by atoms with Crippen molar-refractivity contribution in [3.63, 3.8) is 0 Å². The zero-order valence-corrected chi connectivity index (χ0v) is 42.0. The third kappa shape index (κ3) is 8.44. The zero-order chi connectivity index (χ0) is 52.5. The van der Waals surface area contributed by atoms with E-state index in [1.54, 1.807) is 66.3 Å². The molecule has 0 bridgehead atoms. The van der Waals surface area contributed by atoms with E-state index < -0.39 is 59.4 Å². The van der Waals surface area contributed by atoms with Crippen LogP contribution >= 0.6 is 0 Å². The first-order valence-electron chi connectivity index (χ1n) is 25.1. The summed E-state index contributed by atoms with van der Waals surface area (Å²) in [4.78, 5) is 68.7. The van der Waals surface area contributed by atoms with E-state index in [-0.39, 0.29) is 63.1 Å². The number of para-hydroxylation sites is 2. The van der Waals surface area contributed by atoms with Gasteiger partial charge in [-0.05, 0) is 82.8 Å². The van der Waals surface area contributed by atoms with Crippen molar-refractivity contribution in [2.45, 2.75) is 49.2 Å². The summed E-state index contributed by atoms with van der Waals surface area (Å²) in [5.74, 6) is 4.15. The third-order valence-corrected chi connectivity index (χ3v) is 14.9. The van der Waals surface area contributed by atoms with Crippen molar-refractivity contribution >= 4 is 40.6 Å². The number of imide groups is 1. The van der Waals surface area contributed by atoms with Crippen LogP contribution in [0.4, 0.5) is 10.5 Å². The van der Waals surface area contributed by atoms with E-state index in [4.69, 9.17) is 28.4 Å². The number of morpholine rings is 1. The maximum atomic E-state index is 16.8. The monoisotopic (exact) mass is 1020 g/mol. The Labute approximate surface area is 438 Å². The molecule has 0 saturated carbocycles. The SMILES string of the molecule is COCCOC(=O)N1C(=O)[C@@]2(c3cc(C#CCn4nnc5ccccc54)ccc31)[C@H](c1ccccc1OCCO)N1[C@H](c3ccccc3)[C@H](c3ccccc3)OC(=O)[C@H]1[C@@H]2C(=O)N1CCc2cc(OC)c(OC)cc2C1. The second-order valence-electron chi connectivity index (χ2n) is 18.9. The molecule has 4 aliphatic rings. The van der Waals surface area contributed by atoms with Gasteiger partial charge >= 0.3 is 12.1 Å². The van der Waals surface area contributed by atoms with Crippen molar-refractivity contribution < 1.29 is 52.7 Å². The molecule has 6 atom stereocenters.